The Labute approximate surface area is 125 Å². The van der Waals surface area contributed by atoms with E-state index in [2.05, 4.69) is 29.2 Å². The number of aromatic nitrogens is 2. The third-order valence-electron chi connectivity index (χ3n) is 4.33. The van der Waals surface area contributed by atoms with E-state index < -0.39 is 0 Å². The molecule has 0 radical (unpaired) electrons. The van der Waals surface area contributed by atoms with Gasteiger partial charge in [-0.1, -0.05) is 18.2 Å². The third-order valence-corrected chi connectivity index (χ3v) is 4.55. The summed E-state index contributed by atoms with van der Waals surface area (Å²) < 4.78 is 1.99. The van der Waals surface area contributed by atoms with Crippen molar-refractivity contribution in [2.45, 2.75) is 25.8 Å². The van der Waals surface area contributed by atoms with E-state index >= 15 is 0 Å². The lowest BCUT2D eigenvalue weighted by Crippen LogP contribution is -2.35. The summed E-state index contributed by atoms with van der Waals surface area (Å²) >= 11 is 5.89. The highest BCUT2D eigenvalue weighted by Gasteiger charge is 2.21. The molecule has 108 valence electrons. The second kappa shape index (κ2) is 6.15. The molecule has 1 aliphatic heterocycles. The summed E-state index contributed by atoms with van der Waals surface area (Å²) in [5.41, 5.74) is 2.42. The van der Waals surface area contributed by atoms with Crippen molar-refractivity contribution < 1.29 is 0 Å². The van der Waals surface area contributed by atoms with Crippen LogP contribution in [-0.2, 0) is 13.6 Å². The first-order valence-electron chi connectivity index (χ1n) is 7.47. The van der Waals surface area contributed by atoms with Crippen molar-refractivity contribution in [1.82, 2.24) is 14.7 Å². The predicted octanol–water partition coefficient (Wildman–Crippen LogP) is 3.41. The SMILES string of the molecule is Cn1nc(CN2CCCC(CCCl)C2)c2ccccc21. The number of alkyl halides is 1. The molecule has 0 aliphatic carbocycles. The van der Waals surface area contributed by atoms with Crippen molar-refractivity contribution in [1.29, 1.82) is 0 Å². The number of aryl methyl sites for hydroxylation is 1. The standard InChI is InChI=1S/C16H22ClN3/c1-19-16-7-3-2-6-14(16)15(18-19)12-20-10-4-5-13(11-20)8-9-17/h2-3,6-7,13H,4-5,8-12H2,1H3. The number of benzene rings is 1. The fourth-order valence-electron chi connectivity index (χ4n) is 3.30. The van der Waals surface area contributed by atoms with Crippen LogP contribution in [0.1, 0.15) is 25.0 Å². The molecule has 0 spiro atoms. The van der Waals surface area contributed by atoms with E-state index in [0.717, 1.165) is 31.3 Å². The maximum Gasteiger partial charge on any atom is 0.0843 e. The fraction of sp³-hybridized carbons (Fsp3) is 0.562. The largest absolute Gasteiger partial charge is 0.297 e. The Balaban J connectivity index is 1.76. The number of hydrogen-bond acceptors (Lipinski definition) is 2. The van der Waals surface area contributed by atoms with Gasteiger partial charge in [0.05, 0.1) is 11.2 Å². The number of piperidine rings is 1. The van der Waals surface area contributed by atoms with Crippen LogP contribution in [0.15, 0.2) is 24.3 Å². The Morgan fingerprint density at radius 3 is 3.05 bits per heavy atom. The molecule has 20 heavy (non-hydrogen) atoms. The molecule has 0 N–H and O–H groups in total. The maximum atomic E-state index is 5.89. The summed E-state index contributed by atoms with van der Waals surface area (Å²) in [6.45, 7) is 3.31. The van der Waals surface area contributed by atoms with Gasteiger partial charge in [-0.05, 0) is 37.8 Å². The van der Waals surface area contributed by atoms with E-state index in [1.165, 1.54) is 36.0 Å². The van der Waals surface area contributed by atoms with Crippen molar-refractivity contribution in [3.8, 4) is 0 Å². The summed E-state index contributed by atoms with van der Waals surface area (Å²) in [7, 11) is 2.03. The molecule has 4 heteroatoms. The molecule has 0 saturated carbocycles. The number of halogens is 1. The van der Waals surface area contributed by atoms with Gasteiger partial charge < -0.3 is 0 Å². The third kappa shape index (κ3) is 2.84. The first-order valence-corrected chi connectivity index (χ1v) is 8.00. The molecule has 1 unspecified atom stereocenters. The number of fused-ring (bicyclic) bond motifs is 1. The summed E-state index contributed by atoms with van der Waals surface area (Å²) in [5, 5.41) is 5.99. The zero-order chi connectivity index (χ0) is 13.9. The van der Waals surface area contributed by atoms with Gasteiger partial charge in [-0.15, -0.1) is 11.6 Å². The van der Waals surface area contributed by atoms with E-state index in [4.69, 9.17) is 16.7 Å². The lowest BCUT2D eigenvalue weighted by Gasteiger charge is -2.32. The monoisotopic (exact) mass is 291 g/mol. The maximum absolute atomic E-state index is 5.89. The van der Waals surface area contributed by atoms with Crippen LogP contribution in [0.3, 0.4) is 0 Å². The van der Waals surface area contributed by atoms with Crippen molar-refractivity contribution in [3.05, 3.63) is 30.0 Å². The van der Waals surface area contributed by atoms with E-state index in [9.17, 15) is 0 Å². The molecule has 0 amide bonds. The Hall–Kier alpha value is -1.06. The summed E-state index contributed by atoms with van der Waals surface area (Å²) in [5.74, 6) is 1.54. The molecule has 3 nitrogen and oxygen atoms in total. The van der Waals surface area contributed by atoms with Gasteiger partial charge in [-0.2, -0.15) is 5.10 Å². The quantitative estimate of drug-likeness (QED) is 0.805. The summed E-state index contributed by atoms with van der Waals surface area (Å²) in [6.07, 6.45) is 3.75. The molecule has 3 rings (SSSR count). The van der Waals surface area contributed by atoms with Gasteiger partial charge in [0.1, 0.15) is 0 Å². The van der Waals surface area contributed by atoms with Crippen molar-refractivity contribution in [2.75, 3.05) is 19.0 Å². The number of rotatable bonds is 4. The minimum absolute atomic E-state index is 0.760. The highest BCUT2D eigenvalue weighted by molar-refractivity contribution is 6.17. The molecule has 2 aromatic rings. The molecular formula is C16H22ClN3. The average molecular weight is 292 g/mol. The van der Waals surface area contributed by atoms with Crippen LogP contribution in [0.2, 0.25) is 0 Å². The summed E-state index contributed by atoms with van der Waals surface area (Å²) in [4.78, 5) is 2.54. The van der Waals surface area contributed by atoms with Crippen LogP contribution in [0.25, 0.3) is 10.9 Å². The van der Waals surface area contributed by atoms with Gasteiger partial charge in [-0.3, -0.25) is 9.58 Å². The van der Waals surface area contributed by atoms with Gasteiger partial charge in [-0.25, -0.2) is 0 Å². The molecule has 0 bridgehead atoms. The topological polar surface area (TPSA) is 21.1 Å². The van der Waals surface area contributed by atoms with Crippen LogP contribution in [0.4, 0.5) is 0 Å². The zero-order valence-corrected chi connectivity index (χ0v) is 12.8. The Morgan fingerprint density at radius 1 is 1.35 bits per heavy atom. The normalized spacial score (nSPS) is 20.6. The molecule has 2 heterocycles. The Bertz CT molecular complexity index is 576. The first-order chi connectivity index (χ1) is 9.78. The molecule has 1 fully saturated rings. The second-order valence-corrected chi connectivity index (χ2v) is 6.19. The van der Waals surface area contributed by atoms with Crippen LogP contribution < -0.4 is 0 Å². The minimum Gasteiger partial charge on any atom is -0.297 e. The Kier molecular flexibility index (Phi) is 4.27. The average Bonchev–Trinajstić information content (AvgIpc) is 2.77. The smallest absolute Gasteiger partial charge is 0.0843 e. The Morgan fingerprint density at radius 2 is 2.20 bits per heavy atom. The first kappa shape index (κ1) is 13.9. The number of hydrogen-bond donors (Lipinski definition) is 0. The highest BCUT2D eigenvalue weighted by Crippen LogP contribution is 2.24. The molecule has 1 atom stereocenters. The van der Waals surface area contributed by atoms with Crippen LogP contribution in [0, 0.1) is 5.92 Å². The van der Waals surface area contributed by atoms with Crippen molar-refractivity contribution in [2.24, 2.45) is 13.0 Å². The van der Waals surface area contributed by atoms with Gasteiger partial charge in [0, 0.05) is 31.4 Å². The lowest BCUT2D eigenvalue weighted by molar-refractivity contribution is 0.164. The molecule has 1 aromatic heterocycles. The van der Waals surface area contributed by atoms with Crippen LogP contribution >= 0.6 is 11.6 Å². The van der Waals surface area contributed by atoms with E-state index in [1.807, 2.05) is 11.7 Å². The molecule has 1 saturated heterocycles. The molecular weight excluding hydrogens is 270 g/mol. The van der Waals surface area contributed by atoms with Gasteiger partial charge >= 0.3 is 0 Å². The van der Waals surface area contributed by atoms with Gasteiger partial charge in [0.2, 0.25) is 0 Å². The number of nitrogens with zero attached hydrogens (tertiary/aromatic N) is 3. The predicted molar refractivity (Wildman–Crippen MR) is 84.1 cm³/mol. The van der Waals surface area contributed by atoms with Gasteiger partial charge in [0.15, 0.2) is 0 Å². The molecule has 1 aromatic carbocycles. The van der Waals surface area contributed by atoms with Gasteiger partial charge in [0.25, 0.3) is 0 Å². The second-order valence-electron chi connectivity index (χ2n) is 5.81. The fourth-order valence-corrected chi connectivity index (χ4v) is 3.61. The van der Waals surface area contributed by atoms with Crippen LogP contribution in [-0.4, -0.2) is 33.6 Å². The van der Waals surface area contributed by atoms with E-state index in [-0.39, 0.29) is 0 Å². The van der Waals surface area contributed by atoms with Crippen molar-refractivity contribution >= 4 is 22.5 Å². The summed E-state index contributed by atoms with van der Waals surface area (Å²) in [6, 6.07) is 8.49. The van der Waals surface area contributed by atoms with E-state index in [1.54, 1.807) is 0 Å². The highest BCUT2D eigenvalue weighted by atomic mass is 35.5. The lowest BCUT2D eigenvalue weighted by atomic mass is 9.95. The van der Waals surface area contributed by atoms with Crippen molar-refractivity contribution in [3.63, 3.8) is 0 Å². The van der Waals surface area contributed by atoms with E-state index in [0.29, 0.717) is 0 Å². The van der Waals surface area contributed by atoms with Crippen LogP contribution in [0.5, 0.6) is 0 Å². The minimum atomic E-state index is 0.760. The zero-order valence-electron chi connectivity index (χ0n) is 12.1. The molecule has 1 aliphatic rings. The number of para-hydroxylation sites is 1. The number of likely N-dealkylation sites (tertiary alicyclic amines) is 1.